The zero-order chi connectivity index (χ0) is 14.4. The fourth-order valence-corrected chi connectivity index (χ4v) is 1.58. The summed E-state index contributed by atoms with van der Waals surface area (Å²) in [6.07, 6.45) is 4.99. The highest BCUT2D eigenvalue weighted by molar-refractivity contribution is 5.88. The predicted molar refractivity (Wildman–Crippen MR) is 78.7 cm³/mol. The van der Waals surface area contributed by atoms with Crippen LogP contribution in [0.2, 0.25) is 0 Å². The van der Waals surface area contributed by atoms with E-state index >= 15 is 0 Å². The molecule has 0 unspecified atom stereocenters. The van der Waals surface area contributed by atoms with E-state index in [0.29, 0.717) is 12.2 Å². The van der Waals surface area contributed by atoms with Crippen molar-refractivity contribution < 1.29 is 4.79 Å². The van der Waals surface area contributed by atoms with Gasteiger partial charge in [-0.1, -0.05) is 6.07 Å². The van der Waals surface area contributed by atoms with Crippen LogP contribution in [-0.2, 0) is 6.54 Å². The van der Waals surface area contributed by atoms with Crippen LogP contribution in [0.25, 0.3) is 0 Å². The zero-order valence-electron chi connectivity index (χ0n) is 11.5. The van der Waals surface area contributed by atoms with Gasteiger partial charge in [-0.15, -0.1) is 0 Å². The maximum absolute atomic E-state index is 11.7. The number of anilines is 2. The van der Waals surface area contributed by atoms with E-state index in [0.717, 1.165) is 11.4 Å². The highest BCUT2D eigenvalue weighted by atomic mass is 16.2. The van der Waals surface area contributed by atoms with Gasteiger partial charge in [0.25, 0.3) is 0 Å². The molecule has 0 saturated carbocycles. The van der Waals surface area contributed by atoms with Crippen LogP contribution >= 0.6 is 0 Å². The number of rotatable bonds is 4. The van der Waals surface area contributed by atoms with Crippen LogP contribution < -0.4 is 15.5 Å². The minimum absolute atomic E-state index is 0.269. The van der Waals surface area contributed by atoms with Crippen molar-refractivity contribution in [1.82, 2.24) is 15.3 Å². The van der Waals surface area contributed by atoms with Crippen LogP contribution in [-0.4, -0.2) is 30.1 Å². The molecule has 20 heavy (non-hydrogen) atoms. The van der Waals surface area contributed by atoms with E-state index in [2.05, 4.69) is 20.6 Å². The molecule has 2 heterocycles. The summed E-state index contributed by atoms with van der Waals surface area (Å²) in [7, 11) is 3.86. The molecule has 2 amide bonds. The van der Waals surface area contributed by atoms with Gasteiger partial charge in [0.15, 0.2) is 0 Å². The predicted octanol–water partition coefficient (Wildman–Crippen LogP) is 1.86. The second-order valence-electron chi connectivity index (χ2n) is 4.47. The number of urea groups is 1. The number of carbonyl (C=O) groups is 1. The molecule has 2 aromatic heterocycles. The van der Waals surface area contributed by atoms with E-state index in [1.165, 1.54) is 0 Å². The SMILES string of the molecule is CN(C)c1ccc(CNC(=O)Nc2cccnc2)cn1. The van der Waals surface area contributed by atoms with E-state index in [1.807, 2.05) is 31.1 Å². The quantitative estimate of drug-likeness (QED) is 0.890. The first-order valence-electron chi connectivity index (χ1n) is 6.22. The Hall–Kier alpha value is -2.63. The molecule has 104 valence electrons. The molecule has 0 radical (unpaired) electrons. The van der Waals surface area contributed by atoms with Crippen molar-refractivity contribution in [1.29, 1.82) is 0 Å². The molecule has 0 spiro atoms. The average molecular weight is 271 g/mol. The van der Waals surface area contributed by atoms with Gasteiger partial charge in [-0.25, -0.2) is 9.78 Å². The van der Waals surface area contributed by atoms with Gasteiger partial charge in [0.2, 0.25) is 0 Å². The molecular formula is C14H17N5O. The van der Waals surface area contributed by atoms with Gasteiger partial charge in [0.1, 0.15) is 5.82 Å². The Morgan fingerprint density at radius 1 is 1.25 bits per heavy atom. The van der Waals surface area contributed by atoms with Crippen LogP contribution in [0.4, 0.5) is 16.3 Å². The summed E-state index contributed by atoms with van der Waals surface area (Å²) in [5.41, 5.74) is 1.60. The van der Waals surface area contributed by atoms with E-state index < -0.39 is 0 Å². The molecule has 0 aliphatic heterocycles. The number of amides is 2. The van der Waals surface area contributed by atoms with E-state index in [1.54, 1.807) is 30.7 Å². The number of pyridine rings is 2. The lowest BCUT2D eigenvalue weighted by Gasteiger charge is -2.11. The second-order valence-corrected chi connectivity index (χ2v) is 4.47. The van der Waals surface area contributed by atoms with Crippen molar-refractivity contribution in [2.45, 2.75) is 6.54 Å². The molecule has 0 atom stereocenters. The highest BCUT2D eigenvalue weighted by Gasteiger charge is 2.02. The van der Waals surface area contributed by atoms with Crippen molar-refractivity contribution in [2.24, 2.45) is 0 Å². The maximum atomic E-state index is 11.7. The number of carbonyl (C=O) groups excluding carboxylic acids is 1. The zero-order valence-corrected chi connectivity index (χ0v) is 11.5. The number of aromatic nitrogens is 2. The number of hydrogen-bond donors (Lipinski definition) is 2. The van der Waals surface area contributed by atoms with Crippen molar-refractivity contribution in [3.63, 3.8) is 0 Å². The summed E-state index contributed by atoms with van der Waals surface area (Å²) in [5.74, 6) is 0.883. The largest absolute Gasteiger partial charge is 0.363 e. The summed E-state index contributed by atoms with van der Waals surface area (Å²) in [4.78, 5) is 21.8. The van der Waals surface area contributed by atoms with Gasteiger partial charge >= 0.3 is 6.03 Å². The number of hydrogen-bond acceptors (Lipinski definition) is 4. The Morgan fingerprint density at radius 2 is 2.10 bits per heavy atom. The summed E-state index contributed by atoms with van der Waals surface area (Å²) >= 11 is 0. The molecule has 2 rings (SSSR count). The second kappa shape index (κ2) is 6.51. The molecule has 0 aliphatic carbocycles. The molecule has 0 fully saturated rings. The summed E-state index contributed by atoms with van der Waals surface area (Å²) in [5, 5.41) is 5.47. The van der Waals surface area contributed by atoms with Gasteiger partial charge in [0, 0.05) is 33.0 Å². The van der Waals surface area contributed by atoms with Crippen LogP contribution in [0.3, 0.4) is 0 Å². The first-order valence-corrected chi connectivity index (χ1v) is 6.22. The summed E-state index contributed by atoms with van der Waals surface area (Å²) < 4.78 is 0. The van der Waals surface area contributed by atoms with Crippen molar-refractivity contribution in [3.8, 4) is 0 Å². The van der Waals surface area contributed by atoms with E-state index in [9.17, 15) is 4.79 Å². The first kappa shape index (κ1) is 13.8. The Kier molecular flexibility index (Phi) is 4.49. The molecule has 0 saturated heterocycles. The Bertz CT molecular complexity index is 554. The van der Waals surface area contributed by atoms with E-state index in [-0.39, 0.29) is 6.03 Å². The van der Waals surface area contributed by atoms with Crippen molar-refractivity contribution in [2.75, 3.05) is 24.3 Å². The molecule has 6 nitrogen and oxygen atoms in total. The maximum Gasteiger partial charge on any atom is 0.319 e. The third-order valence-corrected chi connectivity index (χ3v) is 2.64. The topological polar surface area (TPSA) is 70.2 Å². The summed E-state index contributed by atoms with van der Waals surface area (Å²) in [6, 6.07) is 7.12. The number of nitrogens with one attached hydrogen (secondary N) is 2. The van der Waals surface area contributed by atoms with Crippen LogP contribution in [0.5, 0.6) is 0 Å². The molecular weight excluding hydrogens is 254 g/mol. The van der Waals surface area contributed by atoms with Crippen LogP contribution in [0.1, 0.15) is 5.56 Å². The molecule has 2 N–H and O–H groups in total. The highest BCUT2D eigenvalue weighted by Crippen LogP contribution is 2.07. The van der Waals surface area contributed by atoms with Crippen molar-refractivity contribution >= 4 is 17.5 Å². The Labute approximate surface area is 117 Å². The van der Waals surface area contributed by atoms with Gasteiger partial charge in [-0.3, -0.25) is 4.98 Å². The van der Waals surface area contributed by atoms with Crippen LogP contribution in [0, 0.1) is 0 Å². The minimum atomic E-state index is -0.269. The third kappa shape index (κ3) is 3.94. The van der Waals surface area contributed by atoms with Crippen molar-refractivity contribution in [3.05, 3.63) is 48.4 Å². The Morgan fingerprint density at radius 3 is 2.70 bits per heavy atom. The lowest BCUT2D eigenvalue weighted by Crippen LogP contribution is -2.28. The van der Waals surface area contributed by atoms with E-state index in [4.69, 9.17) is 0 Å². The molecule has 6 heteroatoms. The van der Waals surface area contributed by atoms with Gasteiger partial charge in [-0.05, 0) is 23.8 Å². The standard InChI is InChI=1S/C14H17N5O/c1-19(2)13-6-5-11(8-16-13)9-17-14(20)18-12-4-3-7-15-10-12/h3-8,10H,9H2,1-2H3,(H2,17,18,20). The molecule has 0 bridgehead atoms. The summed E-state index contributed by atoms with van der Waals surface area (Å²) in [6.45, 7) is 0.423. The van der Waals surface area contributed by atoms with Gasteiger partial charge in [0.05, 0.1) is 11.9 Å². The molecule has 0 aliphatic rings. The Balaban J connectivity index is 1.84. The molecule has 2 aromatic rings. The minimum Gasteiger partial charge on any atom is -0.363 e. The third-order valence-electron chi connectivity index (χ3n) is 2.64. The average Bonchev–Trinajstić information content (AvgIpc) is 2.46. The van der Waals surface area contributed by atoms with Gasteiger partial charge < -0.3 is 15.5 Å². The van der Waals surface area contributed by atoms with Crippen LogP contribution in [0.15, 0.2) is 42.9 Å². The number of nitrogens with zero attached hydrogens (tertiary/aromatic N) is 3. The van der Waals surface area contributed by atoms with Gasteiger partial charge in [-0.2, -0.15) is 0 Å². The normalized spacial score (nSPS) is 9.90. The monoisotopic (exact) mass is 271 g/mol. The lowest BCUT2D eigenvalue weighted by molar-refractivity contribution is 0.251. The first-order chi connectivity index (χ1) is 9.65. The lowest BCUT2D eigenvalue weighted by atomic mass is 10.3. The smallest absolute Gasteiger partial charge is 0.319 e. The fourth-order valence-electron chi connectivity index (χ4n) is 1.58. The fraction of sp³-hybridized carbons (Fsp3) is 0.214. The molecule has 0 aromatic carbocycles.